The first-order valence-electron chi connectivity index (χ1n) is 5.42. The van der Waals surface area contributed by atoms with Crippen molar-refractivity contribution >= 4 is 28.5 Å². The average Bonchev–Trinajstić information content (AvgIpc) is 2.40. The summed E-state index contributed by atoms with van der Waals surface area (Å²) in [5, 5.41) is 2.47. The Morgan fingerprint density at radius 1 is 0.882 bits per heavy atom. The van der Waals surface area contributed by atoms with E-state index >= 15 is 0 Å². The van der Waals surface area contributed by atoms with E-state index in [0.717, 1.165) is 5.75 Å². The highest BCUT2D eigenvalue weighted by Crippen LogP contribution is 2.39. The lowest BCUT2D eigenvalue weighted by Gasteiger charge is -2.18. The maximum absolute atomic E-state index is 5.83. The molecule has 0 amide bonds. The van der Waals surface area contributed by atoms with Crippen molar-refractivity contribution in [3.63, 3.8) is 0 Å². The molecule has 88 valence electrons. The first-order valence-corrected chi connectivity index (χ1v) is 8.67. The van der Waals surface area contributed by atoms with Crippen LogP contribution in [0.25, 0.3) is 0 Å². The van der Waals surface area contributed by atoms with Crippen LogP contribution < -0.4 is 15.3 Å². The van der Waals surface area contributed by atoms with Gasteiger partial charge in [0.1, 0.15) is 5.75 Å². The van der Waals surface area contributed by atoms with Gasteiger partial charge in [-0.3, -0.25) is 0 Å². The van der Waals surface area contributed by atoms with Gasteiger partial charge in [-0.2, -0.15) is 0 Å². The van der Waals surface area contributed by atoms with Gasteiger partial charge in [-0.15, -0.1) is 0 Å². The molecular weight excluding hydrogens is 247 g/mol. The lowest BCUT2D eigenvalue weighted by Crippen LogP contribution is -2.14. The van der Waals surface area contributed by atoms with Crippen LogP contribution in [0.3, 0.4) is 0 Å². The summed E-state index contributed by atoms with van der Waals surface area (Å²) in [6.07, 6.45) is 0. The Morgan fingerprint density at radius 3 is 1.94 bits per heavy atom. The third kappa shape index (κ3) is 2.59. The number of ether oxygens (including phenoxy) is 1. The van der Waals surface area contributed by atoms with Crippen LogP contribution in [-0.4, -0.2) is 13.8 Å². The summed E-state index contributed by atoms with van der Waals surface area (Å²) in [6.45, 7) is 2.17. The molecule has 0 heterocycles. The molecule has 1 nitrogen and oxygen atoms in total. The molecule has 3 heteroatoms. The van der Waals surface area contributed by atoms with Gasteiger partial charge in [0.2, 0.25) is 0 Å². The molecule has 0 aliphatic rings. The summed E-state index contributed by atoms with van der Waals surface area (Å²) in [7, 11) is 1.67. The fourth-order valence-electron chi connectivity index (χ4n) is 1.73. The van der Waals surface area contributed by atoms with Gasteiger partial charge < -0.3 is 4.74 Å². The normalized spacial score (nSPS) is 14.0. The predicted molar refractivity (Wildman–Crippen MR) is 78.9 cm³/mol. The highest BCUT2D eigenvalue weighted by atomic mass is 32.4. The van der Waals surface area contributed by atoms with Crippen molar-refractivity contribution in [2.45, 2.75) is 0 Å². The lowest BCUT2D eigenvalue weighted by molar-refractivity contribution is 0.415. The van der Waals surface area contributed by atoms with E-state index in [0.29, 0.717) is 0 Å². The van der Waals surface area contributed by atoms with Gasteiger partial charge in [0.05, 0.1) is 7.11 Å². The predicted octanol–water partition coefficient (Wildman–Crippen LogP) is 2.76. The molecule has 0 N–H and O–H groups in total. The minimum atomic E-state index is -1.65. The Balaban J connectivity index is 2.41. The molecule has 17 heavy (non-hydrogen) atoms. The summed E-state index contributed by atoms with van der Waals surface area (Å²) in [4.78, 5) is 0. The maximum atomic E-state index is 5.83. The van der Waals surface area contributed by atoms with Crippen molar-refractivity contribution < 1.29 is 4.74 Å². The minimum Gasteiger partial charge on any atom is -0.497 e. The van der Waals surface area contributed by atoms with E-state index in [2.05, 4.69) is 30.9 Å². The van der Waals surface area contributed by atoms with Gasteiger partial charge in [0.15, 0.2) is 0 Å². The van der Waals surface area contributed by atoms with E-state index in [4.69, 9.17) is 16.5 Å². The molecule has 2 rings (SSSR count). The summed E-state index contributed by atoms with van der Waals surface area (Å²) in [5.41, 5.74) is 0. The zero-order valence-corrected chi connectivity index (χ0v) is 11.7. The molecule has 0 fully saturated rings. The fraction of sp³-hybridized carbons (Fsp3) is 0.143. The molecule has 0 unspecified atom stereocenters. The number of benzene rings is 2. The molecule has 2 aromatic rings. The van der Waals surface area contributed by atoms with E-state index in [-0.39, 0.29) is 0 Å². The Labute approximate surface area is 107 Å². The lowest BCUT2D eigenvalue weighted by atomic mass is 10.3. The van der Waals surface area contributed by atoms with Crippen LogP contribution in [0.1, 0.15) is 0 Å². The minimum absolute atomic E-state index is 0.872. The number of hydrogen-bond donors (Lipinski definition) is 0. The van der Waals surface area contributed by atoms with E-state index in [1.807, 2.05) is 30.3 Å². The molecule has 0 aliphatic carbocycles. The second-order valence-corrected chi connectivity index (χ2v) is 9.03. The molecule has 0 bridgehead atoms. The number of hydrogen-bond acceptors (Lipinski definition) is 2. The molecule has 2 aromatic carbocycles. The number of methoxy groups -OCH3 is 1. The second-order valence-electron chi connectivity index (χ2n) is 3.96. The molecular formula is C14H15OPS. The van der Waals surface area contributed by atoms with Crippen LogP contribution in [0.15, 0.2) is 54.6 Å². The Bertz CT molecular complexity index is 534. The van der Waals surface area contributed by atoms with Crippen molar-refractivity contribution in [1.29, 1.82) is 0 Å². The fourth-order valence-corrected chi connectivity index (χ4v) is 4.22. The Morgan fingerprint density at radius 2 is 1.41 bits per heavy atom. The second kappa shape index (κ2) is 5.03. The summed E-state index contributed by atoms with van der Waals surface area (Å²) >= 11 is 5.83. The first-order chi connectivity index (χ1) is 8.14. The molecule has 0 saturated heterocycles. The molecule has 0 spiro atoms. The van der Waals surface area contributed by atoms with Gasteiger partial charge in [0, 0.05) is 6.04 Å². The first kappa shape index (κ1) is 12.3. The average molecular weight is 262 g/mol. The smallest absolute Gasteiger partial charge is 0.118 e. The van der Waals surface area contributed by atoms with Crippen LogP contribution in [0.4, 0.5) is 0 Å². The molecule has 0 aromatic heterocycles. The van der Waals surface area contributed by atoms with E-state index in [1.54, 1.807) is 7.11 Å². The monoisotopic (exact) mass is 262 g/mol. The van der Waals surface area contributed by atoms with Crippen LogP contribution in [-0.2, 0) is 11.8 Å². The molecule has 0 saturated carbocycles. The van der Waals surface area contributed by atoms with Crippen LogP contribution >= 0.6 is 6.04 Å². The van der Waals surface area contributed by atoms with Crippen molar-refractivity contribution in [3.05, 3.63) is 54.6 Å². The summed E-state index contributed by atoms with van der Waals surface area (Å²) in [6, 6.07) is 16.8. The van der Waals surface area contributed by atoms with E-state index in [9.17, 15) is 0 Å². The Kier molecular flexibility index (Phi) is 3.66. The zero-order valence-electron chi connectivity index (χ0n) is 9.96. The highest BCUT2D eigenvalue weighted by molar-refractivity contribution is 8.21. The van der Waals surface area contributed by atoms with Gasteiger partial charge in [0.25, 0.3) is 0 Å². The van der Waals surface area contributed by atoms with Crippen LogP contribution in [0.5, 0.6) is 5.75 Å². The van der Waals surface area contributed by atoms with Crippen molar-refractivity contribution in [2.75, 3.05) is 13.8 Å². The molecule has 1 atom stereocenters. The summed E-state index contributed by atoms with van der Waals surface area (Å²) in [5.74, 6) is 0.872. The highest BCUT2D eigenvalue weighted by Gasteiger charge is 2.15. The van der Waals surface area contributed by atoms with Gasteiger partial charge in [-0.1, -0.05) is 42.1 Å². The van der Waals surface area contributed by atoms with Gasteiger partial charge in [-0.05, 0) is 41.5 Å². The topological polar surface area (TPSA) is 9.23 Å². The summed E-state index contributed by atoms with van der Waals surface area (Å²) < 4.78 is 5.17. The Hall–Kier alpha value is -1.11. The quantitative estimate of drug-likeness (QED) is 0.787. The van der Waals surface area contributed by atoms with Crippen molar-refractivity contribution in [1.82, 2.24) is 0 Å². The third-order valence-electron chi connectivity index (χ3n) is 2.81. The van der Waals surface area contributed by atoms with Crippen molar-refractivity contribution in [2.24, 2.45) is 0 Å². The van der Waals surface area contributed by atoms with Crippen LogP contribution in [0, 0.1) is 0 Å². The molecule has 0 radical (unpaired) electrons. The molecule has 0 aliphatic heterocycles. The van der Waals surface area contributed by atoms with E-state index < -0.39 is 6.04 Å². The largest absolute Gasteiger partial charge is 0.497 e. The number of rotatable bonds is 3. The van der Waals surface area contributed by atoms with Gasteiger partial charge >= 0.3 is 0 Å². The maximum Gasteiger partial charge on any atom is 0.118 e. The zero-order chi connectivity index (χ0) is 12.3. The van der Waals surface area contributed by atoms with Crippen LogP contribution in [0.2, 0.25) is 0 Å². The van der Waals surface area contributed by atoms with Crippen molar-refractivity contribution in [3.8, 4) is 5.75 Å². The SMILES string of the molecule is COc1ccc([P@@](C)(=S)c2ccccc2)cc1. The van der Waals surface area contributed by atoms with E-state index in [1.165, 1.54) is 10.6 Å². The standard InChI is InChI=1S/C14H15OPS/c1-15-12-8-10-14(11-9-12)16(2,17)13-6-4-3-5-7-13/h3-11H,1-2H3/t16-/m0/s1. The third-order valence-corrected chi connectivity index (χ3v) is 6.65. The van der Waals surface area contributed by atoms with Gasteiger partial charge in [-0.25, -0.2) is 0 Å².